The molecule has 1 unspecified atom stereocenters. The van der Waals surface area contributed by atoms with Gasteiger partial charge in [0, 0.05) is 26.1 Å². The van der Waals surface area contributed by atoms with Gasteiger partial charge >= 0.3 is 0 Å². The summed E-state index contributed by atoms with van der Waals surface area (Å²) in [6.07, 6.45) is 5.83. The van der Waals surface area contributed by atoms with Crippen molar-refractivity contribution >= 4 is 17.7 Å². The van der Waals surface area contributed by atoms with Crippen LogP contribution in [0, 0.1) is 0 Å². The molecule has 4 rings (SSSR count). The zero-order chi connectivity index (χ0) is 17.2. The zero-order valence-corrected chi connectivity index (χ0v) is 15.4. The second kappa shape index (κ2) is 7.20. The number of rotatable bonds is 5. The Kier molecular flexibility index (Phi) is 4.79. The molecule has 25 heavy (non-hydrogen) atoms. The van der Waals surface area contributed by atoms with E-state index in [0.717, 1.165) is 42.5 Å². The number of hydrogen-bond acceptors (Lipinski definition) is 4. The lowest BCUT2D eigenvalue weighted by Crippen LogP contribution is -2.38. The molecule has 0 bridgehead atoms. The summed E-state index contributed by atoms with van der Waals surface area (Å²) in [5.41, 5.74) is 1.04. The molecule has 0 spiro atoms. The van der Waals surface area contributed by atoms with Gasteiger partial charge in [0.25, 0.3) is 0 Å². The van der Waals surface area contributed by atoms with Crippen LogP contribution < -0.4 is 0 Å². The first-order valence-electron chi connectivity index (χ1n) is 9.13. The predicted octanol–water partition coefficient (Wildman–Crippen LogP) is 3.54. The molecule has 1 amide bonds. The Bertz CT molecular complexity index is 735. The Hall–Kier alpha value is -1.82. The van der Waals surface area contributed by atoms with Crippen molar-refractivity contribution in [3.8, 4) is 0 Å². The summed E-state index contributed by atoms with van der Waals surface area (Å²) in [7, 11) is 2.02. The Morgan fingerprint density at radius 1 is 1.12 bits per heavy atom. The normalized spacial score (nSPS) is 19.0. The molecule has 1 aromatic heterocycles. The van der Waals surface area contributed by atoms with Crippen LogP contribution in [0.4, 0.5) is 0 Å². The van der Waals surface area contributed by atoms with E-state index in [1.54, 1.807) is 0 Å². The van der Waals surface area contributed by atoms with Gasteiger partial charge in [0.1, 0.15) is 11.1 Å². The Balaban J connectivity index is 1.60. The van der Waals surface area contributed by atoms with Crippen molar-refractivity contribution in [2.75, 3.05) is 13.1 Å². The highest BCUT2D eigenvalue weighted by Gasteiger charge is 2.32. The fraction of sp³-hybridized carbons (Fsp3) is 0.526. The van der Waals surface area contributed by atoms with E-state index >= 15 is 0 Å². The number of carbonyl (C=O) groups is 1. The van der Waals surface area contributed by atoms with Crippen LogP contribution >= 0.6 is 11.8 Å². The molecule has 1 aliphatic carbocycles. The average Bonchev–Trinajstić information content (AvgIpc) is 3.44. The minimum Gasteiger partial charge on any atom is -0.341 e. The molecule has 0 N–H and O–H groups in total. The van der Waals surface area contributed by atoms with Crippen LogP contribution in [0.15, 0.2) is 35.5 Å². The second-order valence-corrected chi connectivity index (χ2v) is 8.04. The first-order chi connectivity index (χ1) is 12.2. The zero-order valence-electron chi connectivity index (χ0n) is 14.6. The number of carbonyl (C=O) groups excluding carboxylic acids is 1. The lowest BCUT2D eigenvalue weighted by molar-refractivity contribution is -0.131. The molecule has 1 saturated carbocycles. The van der Waals surface area contributed by atoms with Crippen LogP contribution in [-0.2, 0) is 11.8 Å². The number of likely N-dealkylation sites (tertiary alicyclic amines) is 1. The number of benzene rings is 1. The van der Waals surface area contributed by atoms with Crippen molar-refractivity contribution in [2.24, 2.45) is 7.05 Å². The van der Waals surface area contributed by atoms with Gasteiger partial charge in [0.05, 0.1) is 0 Å². The Morgan fingerprint density at radius 3 is 2.52 bits per heavy atom. The van der Waals surface area contributed by atoms with E-state index in [1.165, 1.54) is 31.0 Å². The highest BCUT2D eigenvalue weighted by molar-refractivity contribution is 8.00. The lowest BCUT2D eigenvalue weighted by atomic mass is 10.1. The summed E-state index contributed by atoms with van der Waals surface area (Å²) in [6, 6.07) is 10.1. The van der Waals surface area contributed by atoms with Crippen LogP contribution in [-0.4, -0.2) is 38.7 Å². The quantitative estimate of drug-likeness (QED) is 0.769. The minimum atomic E-state index is -0.255. The summed E-state index contributed by atoms with van der Waals surface area (Å²) in [4.78, 5) is 15.2. The van der Waals surface area contributed by atoms with Gasteiger partial charge in [0.2, 0.25) is 5.91 Å². The Morgan fingerprint density at radius 2 is 1.84 bits per heavy atom. The topological polar surface area (TPSA) is 51.0 Å². The highest BCUT2D eigenvalue weighted by atomic mass is 32.2. The summed E-state index contributed by atoms with van der Waals surface area (Å²) in [5, 5.41) is 9.32. The molecule has 2 aliphatic rings. The maximum absolute atomic E-state index is 13.2. The van der Waals surface area contributed by atoms with Crippen molar-refractivity contribution in [1.82, 2.24) is 19.7 Å². The molecule has 2 heterocycles. The van der Waals surface area contributed by atoms with E-state index < -0.39 is 0 Å². The van der Waals surface area contributed by atoms with E-state index in [0.29, 0.717) is 5.92 Å². The van der Waals surface area contributed by atoms with Crippen molar-refractivity contribution < 1.29 is 4.79 Å². The van der Waals surface area contributed by atoms with Crippen LogP contribution in [0.5, 0.6) is 0 Å². The van der Waals surface area contributed by atoms with Crippen molar-refractivity contribution in [3.05, 3.63) is 41.7 Å². The summed E-state index contributed by atoms with van der Waals surface area (Å²) < 4.78 is 2.07. The van der Waals surface area contributed by atoms with E-state index in [9.17, 15) is 4.79 Å². The molecule has 2 fully saturated rings. The van der Waals surface area contributed by atoms with Crippen molar-refractivity contribution in [2.45, 2.75) is 48.4 Å². The first kappa shape index (κ1) is 16.6. The molecule has 1 aromatic carbocycles. The molecule has 1 saturated heterocycles. The average molecular weight is 356 g/mol. The molecule has 6 heteroatoms. The molecule has 132 valence electrons. The lowest BCUT2D eigenvalue weighted by Gasteiger charge is -2.30. The third kappa shape index (κ3) is 3.59. The first-order valence-corrected chi connectivity index (χ1v) is 10.0. The van der Waals surface area contributed by atoms with Crippen LogP contribution in [0.2, 0.25) is 0 Å². The number of thioether (sulfide) groups is 1. The van der Waals surface area contributed by atoms with Gasteiger partial charge in [-0.2, -0.15) is 0 Å². The number of nitrogens with zero attached hydrogens (tertiary/aromatic N) is 4. The largest absolute Gasteiger partial charge is 0.341 e. The summed E-state index contributed by atoms with van der Waals surface area (Å²) in [5.74, 6) is 1.81. The van der Waals surface area contributed by atoms with Crippen LogP contribution in [0.1, 0.15) is 54.7 Å². The fourth-order valence-electron chi connectivity index (χ4n) is 3.40. The fourth-order valence-corrected chi connectivity index (χ4v) is 4.49. The molecule has 5 nitrogen and oxygen atoms in total. The van der Waals surface area contributed by atoms with Crippen molar-refractivity contribution in [3.63, 3.8) is 0 Å². The molecule has 1 aliphatic heterocycles. The smallest absolute Gasteiger partial charge is 0.240 e. The van der Waals surface area contributed by atoms with Crippen LogP contribution in [0.25, 0.3) is 0 Å². The number of hydrogen-bond donors (Lipinski definition) is 0. The second-order valence-electron chi connectivity index (χ2n) is 6.97. The monoisotopic (exact) mass is 356 g/mol. The van der Waals surface area contributed by atoms with Gasteiger partial charge in [0.15, 0.2) is 5.16 Å². The SMILES string of the molecule is Cn1c(SC(C(=O)N2CCCCC2)c2ccccc2)nnc1C1CC1. The minimum absolute atomic E-state index is 0.201. The van der Waals surface area contributed by atoms with Gasteiger partial charge in [-0.05, 0) is 37.7 Å². The summed E-state index contributed by atoms with van der Waals surface area (Å²) >= 11 is 1.53. The molecule has 0 radical (unpaired) electrons. The van der Waals surface area contributed by atoms with Gasteiger partial charge in [-0.1, -0.05) is 42.1 Å². The molecular formula is C19H24N4OS. The third-order valence-corrected chi connectivity index (χ3v) is 6.30. The predicted molar refractivity (Wildman–Crippen MR) is 98.4 cm³/mol. The van der Waals surface area contributed by atoms with E-state index in [2.05, 4.69) is 14.8 Å². The van der Waals surface area contributed by atoms with Crippen LogP contribution in [0.3, 0.4) is 0 Å². The van der Waals surface area contributed by atoms with Gasteiger partial charge in [-0.3, -0.25) is 4.79 Å². The van der Waals surface area contributed by atoms with Crippen molar-refractivity contribution in [1.29, 1.82) is 0 Å². The summed E-state index contributed by atoms with van der Waals surface area (Å²) in [6.45, 7) is 1.74. The van der Waals surface area contributed by atoms with E-state index in [4.69, 9.17) is 0 Å². The number of piperidine rings is 1. The highest BCUT2D eigenvalue weighted by Crippen LogP contribution is 2.41. The molecule has 2 aromatic rings. The van der Waals surface area contributed by atoms with Gasteiger partial charge in [-0.25, -0.2) is 0 Å². The number of aromatic nitrogens is 3. The third-order valence-electron chi connectivity index (χ3n) is 5.03. The van der Waals surface area contributed by atoms with E-state index in [1.807, 2.05) is 42.3 Å². The maximum atomic E-state index is 13.2. The van der Waals surface area contributed by atoms with Gasteiger partial charge < -0.3 is 9.47 Å². The molecule has 1 atom stereocenters. The molecular weight excluding hydrogens is 332 g/mol. The maximum Gasteiger partial charge on any atom is 0.240 e. The van der Waals surface area contributed by atoms with E-state index in [-0.39, 0.29) is 11.2 Å². The Labute approximate surface area is 152 Å². The van der Waals surface area contributed by atoms with Gasteiger partial charge in [-0.15, -0.1) is 10.2 Å². The number of amides is 1. The standard InChI is InChI=1S/C19H24N4OS/c1-22-17(15-10-11-15)20-21-19(22)25-16(14-8-4-2-5-9-14)18(24)23-12-6-3-7-13-23/h2,4-5,8-9,15-16H,3,6-7,10-13H2,1H3.